The zero-order chi connectivity index (χ0) is 11.6. The maximum absolute atomic E-state index is 9.82. The van der Waals surface area contributed by atoms with E-state index in [1.165, 1.54) is 0 Å². The molecule has 0 bridgehead atoms. The first-order valence-electron chi connectivity index (χ1n) is 5.59. The summed E-state index contributed by atoms with van der Waals surface area (Å²) in [4.78, 5) is 6.57. The van der Waals surface area contributed by atoms with Crippen LogP contribution in [0.4, 0.5) is 5.82 Å². The molecule has 1 aliphatic heterocycles. The highest BCUT2D eigenvalue weighted by Crippen LogP contribution is 2.21. The van der Waals surface area contributed by atoms with Crippen molar-refractivity contribution in [1.82, 2.24) is 4.98 Å². The zero-order valence-corrected chi connectivity index (χ0v) is 9.81. The van der Waals surface area contributed by atoms with E-state index in [4.69, 9.17) is 4.74 Å². The van der Waals surface area contributed by atoms with Crippen LogP contribution in [0, 0.1) is 0 Å². The number of anilines is 1. The lowest BCUT2D eigenvalue weighted by Gasteiger charge is -2.28. The summed E-state index contributed by atoms with van der Waals surface area (Å²) >= 11 is 0. The molecule has 2 rings (SSSR count). The standard InChI is InChI=1S/C12H18N2O2/c1-12(2,15)10-3-4-11(13-9-10)14-5-7-16-8-6-14/h3-4,9,15H,5-8H2,1-2H3. The Morgan fingerprint density at radius 3 is 2.50 bits per heavy atom. The van der Waals surface area contributed by atoms with E-state index in [1.54, 1.807) is 20.0 Å². The van der Waals surface area contributed by atoms with Crippen LogP contribution in [0.3, 0.4) is 0 Å². The number of morpholine rings is 1. The molecule has 1 aromatic rings. The number of rotatable bonds is 2. The molecule has 1 N–H and O–H groups in total. The summed E-state index contributed by atoms with van der Waals surface area (Å²) in [7, 11) is 0. The first-order chi connectivity index (χ1) is 7.57. The molecule has 1 saturated heterocycles. The molecule has 0 amide bonds. The van der Waals surface area contributed by atoms with Gasteiger partial charge in [0.1, 0.15) is 5.82 Å². The van der Waals surface area contributed by atoms with Gasteiger partial charge in [0.25, 0.3) is 0 Å². The average Bonchev–Trinajstić information content (AvgIpc) is 2.29. The quantitative estimate of drug-likeness (QED) is 0.815. The fourth-order valence-corrected chi connectivity index (χ4v) is 1.73. The number of pyridine rings is 1. The van der Waals surface area contributed by atoms with Gasteiger partial charge in [-0.15, -0.1) is 0 Å². The summed E-state index contributed by atoms with van der Waals surface area (Å²) in [6, 6.07) is 3.89. The van der Waals surface area contributed by atoms with Crippen LogP contribution in [0.5, 0.6) is 0 Å². The topological polar surface area (TPSA) is 45.6 Å². The highest BCUT2D eigenvalue weighted by atomic mass is 16.5. The Balaban J connectivity index is 2.12. The van der Waals surface area contributed by atoms with Gasteiger partial charge >= 0.3 is 0 Å². The third kappa shape index (κ3) is 2.51. The van der Waals surface area contributed by atoms with E-state index in [0.29, 0.717) is 0 Å². The van der Waals surface area contributed by atoms with E-state index >= 15 is 0 Å². The normalized spacial score (nSPS) is 17.6. The SMILES string of the molecule is CC(C)(O)c1ccc(N2CCOCC2)nc1. The molecule has 4 heteroatoms. The van der Waals surface area contributed by atoms with Gasteiger partial charge in [-0.05, 0) is 19.9 Å². The summed E-state index contributed by atoms with van der Waals surface area (Å²) in [6.07, 6.45) is 1.74. The Kier molecular flexibility index (Phi) is 3.12. The van der Waals surface area contributed by atoms with Gasteiger partial charge in [0.05, 0.1) is 18.8 Å². The fraction of sp³-hybridized carbons (Fsp3) is 0.583. The lowest BCUT2D eigenvalue weighted by Crippen LogP contribution is -2.36. The van der Waals surface area contributed by atoms with Gasteiger partial charge in [0.15, 0.2) is 0 Å². The van der Waals surface area contributed by atoms with Crippen molar-refractivity contribution >= 4 is 5.82 Å². The molecule has 2 heterocycles. The lowest BCUT2D eigenvalue weighted by molar-refractivity contribution is 0.0782. The van der Waals surface area contributed by atoms with E-state index in [9.17, 15) is 5.11 Å². The Morgan fingerprint density at radius 2 is 2.00 bits per heavy atom. The number of aromatic nitrogens is 1. The third-order valence-electron chi connectivity index (χ3n) is 2.79. The number of hydrogen-bond acceptors (Lipinski definition) is 4. The van der Waals surface area contributed by atoms with Crippen LogP contribution >= 0.6 is 0 Å². The molecule has 1 fully saturated rings. The van der Waals surface area contributed by atoms with Gasteiger partial charge in [-0.2, -0.15) is 0 Å². The highest BCUT2D eigenvalue weighted by Gasteiger charge is 2.17. The predicted octanol–water partition coefficient (Wildman–Crippen LogP) is 1.15. The van der Waals surface area contributed by atoms with Gasteiger partial charge < -0.3 is 14.7 Å². The molecule has 1 aromatic heterocycles. The molecule has 0 atom stereocenters. The number of nitrogens with zero attached hydrogens (tertiary/aromatic N) is 2. The molecule has 88 valence electrons. The minimum atomic E-state index is -0.823. The van der Waals surface area contributed by atoms with E-state index in [2.05, 4.69) is 9.88 Å². The van der Waals surface area contributed by atoms with Crippen LogP contribution in [0.1, 0.15) is 19.4 Å². The molecule has 0 saturated carbocycles. The molecular formula is C12H18N2O2. The second-order valence-electron chi connectivity index (χ2n) is 4.56. The first kappa shape index (κ1) is 11.4. The average molecular weight is 222 g/mol. The molecular weight excluding hydrogens is 204 g/mol. The second-order valence-corrected chi connectivity index (χ2v) is 4.56. The van der Waals surface area contributed by atoms with Gasteiger partial charge in [-0.25, -0.2) is 4.98 Å². The molecule has 1 aliphatic rings. The van der Waals surface area contributed by atoms with Crippen LogP contribution < -0.4 is 4.90 Å². The van der Waals surface area contributed by atoms with Gasteiger partial charge in [-0.3, -0.25) is 0 Å². The summed E-state index contributed by atoms with van der Waals surface area (Å²) in [6.45, 7) is 6.81. The minimum Gasteiger partial charge on any atom is -0.386 e. The largest absolute Gasteiger partial charge is 0.386 e. The van der Waals surface area contributed by atoms with Crippen LogP contribution in [-0.4, -0.2) is 36.4 Å². The monoisotopic (exact) mass is 222 g/mol. The van der Waals surface area contributed by atoms with Crippen molar-refractivity contribution in [3.63, 3.8) is 0 Å². The van der Waals surface area contributed by atoms with Crippen LogP contribution in [0.15, 0.2) is 18.3 Å². The molecule has 0 unspecified atom stereocenters. The van der Waals surface area contributed by atoms with Crippen molar-refractivity contribution in [3.8, 4) is 0 Å². The van der Waals surface area contributed by atoms with Crippen molar-refractivity contribution in [2.24, 2.45) is 0 Å². The van der Waals surface area contributed by atoms with Gasteiger partial charge in [-0.1, -0.05) is 6.07 Å². The smallest absolute Gasteiger partial charge is 0.128 e. The van der Waals surface area contributed by atoms with E-state index < -0.39 is 5.60 Å². The van der Waals surface area contributed by atoms with Crippen molar-refractivity contribution in [3.05, 3.63) is 23.9 Å². The van der Waals surface area contributed by atoms with Gasteiger partial charge in [0, 0.05) is 24.8 Å². The van der Waals surface area contributed by atoms with Crippen LogP contribution in [-0.2, 0) is 10.3 Å². The first-order valence-corrected chi connectivity index (χ1v) is 5.59. The van der Waals surface area contributed by atoms with Crippen LogP contribution in [0.25, 0.3) is 0 Å². The fourth-order valence-electron chi connectivity index (χ4n) is 1.73. The number of aliphatic hydroxyl groups is 1. The van der Waals surface area contributed by atoms with E-state index in [0.717, 1.165) is 37.7 Å². The molecule has 0 spiro atoms. The summed E-state index contributed by atoms with van der Waals surface area (Å²) in [5, 5.41) is 9.82. The summed E-state index contributed by atoms with van der Waals surface area (Å²) < 4.78 is 5.29. The van der Waals surface area contributed by atoms with Crippen molar-refractivity contribution in [2.75, 3.05) is 31.2 Å². The summed E-state index contributed by atoms with van der Waals surface area (Å²) in [5.41, 5.74) is 0.0146. The second kappa shape index (κ2) is 4.39. The lowest BCUT2D eigenvalue weighted by atomic mass is 10.0. The van der Waals surface area contributed by atoms with Crippen molar-refractivity contribution < 1.29 is 9.84 Å². The predicted molar refractivity (Wildman–Crippen MR) is 62.5 cm³/mol. The van der Waals surface area contributed by atoms with Crippen LogP contribution in [0.2, 0.25) is 0 Å². The molecule has 0 aromatic carbocycles. The third-order valence-corrected chi connectivity index (χ3v) is 2.79. The summed E-state index contributed by atoms with van der Waals surface area (Å²) in [5.74, 6) is 0.955. The Morgan fingerprint density at radius 1 is 1.31 bits per heavy atom. The maximum atomic E-state index is 9.82. The van der Waals surface area contributed by atoms with E-state index in [1.807, 2.05) is 12.1 Å². The molecule has 0 radical (unpaired) electrons. The molecule has 16 heavy (non-hydrogen) atoms. The Hall–Kier alpha value is -1.13. The molecule has 0 aliphatic carbocycles. The number of hydrogen-bond donors (Lipinski definition) is 1. The highest BCUT2D eigenvalue weighted by molar-refractivity contribution is 5.40. The van der Waals surface area contributed by atoms with Crippen molar-refractivity contribution in [1.29, 1.82) is 0 Å². The van der Waals surface area contributed by atoms with Crippen molar-refractivity contribution in [2.45, 2.75) is 19.4 Å². The maximum Gasteiger partial charge on any atom is 0.128 e. The number of ether oxygens (including phenoxy) is 1. The molecule has 4 nitrogen and oxygen atoms in total. The van der Waals surface area contributed by atoms with Gasteiger partial charge in [0.2, 0.25) is 0 Å². The van der Waals surface area contributed by atoms with E-state index in [-0.39, 0.29) is 0 Å². The Labute approximate surface area is 95.9 Å². The minimum absolute atomic E-state index is 0.759. The zero-order valence-electron chi connectivity index (χ0n) is 9.81. The Bertz CT molecular complexity index is 337.